The molecule has 7 nitrogen and oxygen atoms in total. The number of halogens is 2. The summed E-state index contributed by atoms with van der Waals surface area (Å²) in [4.78, 5) is 36.6. The van der Waals surface area contributed by atoms with Crippen LogP contribution in [-0.2, 0) is 4.79 Å². The first kappa shape index (κ1) is 25.0. The van der Waals surface area contributed by atoms with Crippen LogP contribution in [0.25, 0.3) is 10.9 Å². The highest BCUT2D eigenvalue weighted by molar-refractivity contribution is 6.30. The SMILES string of the molecule is CC(C)(C)[C@H](O)C(=O)NC1CN(C(=O)c2cncc3cccnc23)CCC1c1cc(F)cc(Cl)c1. The van der Waals surface area contributed by atoms with Crippen LogP contribution >= 0.6 is 11.6 Å². The zero-order chi connectivity index (χ0) is 25.3. The minimum absolute atomic E-state index is 0.170. The molecule has 1 aromatic carbocycles. The number of aliphatic hydroxyl groups excluding tert-OH is 1. The van der Waals surface area contributed by atoms with Crippen molar-refractivity contribution >= 4 is 34.3 Å². The second-order valence-electron chi connectivity index (χ2n) is 9.99. The summed E-state index contributed by atoms with van der Waals surface area (Å²) in [5.41, 5.74) is 0.878. The van der Waals surface area contributed by atoms with E-state index in [-0.39, 0.29) is 23.4 Å². The number of benzene rings is 1. The van der Waals surface area contributed by atoms with Gasteiger partial charge in [0, 0.05) is 48.0 Å². The lowest BCUT2D eigenvalue weighted by Crippen LogP contribution is -2.56. The summed E-state index contributed by atoms with van der Waals surface area (Å²) >= 11 is 6.10. The smallest absolute Gasteiger partial charge is 0.257 e. The lowest BCUT2D eigenvalue weighted by Gasteiger charge is -2.40. The Morgan fingerprint density at radius 3 is 2.74 bits per heavy atom. The molecule has 1 aliphatic heterocycles. The van der Waals surface area contributed by atoms with Crippen molar-refractivity contribution in [1.82, 2.24) is 20.2 Å². The van der Waals surface area contributed by atoms with E-state index >= 15 is 0 Å². The van der Waals surface area contributed by atoms with E-state index in [0.29, 0.717) is 29.6 Å². The lowest BCUT2D eigenvalue weighted by atomic mass is 9.83. The van der Waals surface area contributed by atoms with Gasteiger partial charge in [0.25, 0.3) is 5.91 Å². The van der Waals surface area contributed by atoms with Gasteiger partial charge in [-0.05, 0) is 47.7 Å². The van der Waals surface area contributed by atoms with Crippen molar-refractivity contribution in [3.05, 3.63) is 70.9 Å². The van der Waals surface area contributed by atoms with E-state index in [1.165, 1.54) is 18.3 Å². The molecule has 3 atom stereocenters. The van der Waals surface area contributed by atoms with Crippen molar-refractivity contribution in [2.24, 2.45) is 5.41 Å². The summed E-state index contributed by atoms with van der Waals surface area (Å²) in [7, 11) is 0. The maximum Gasteiger partial charge on any atom is 0.257 e. The van der Waals surface area contributed by atoms with Crippen molar-refractivity contribution in [2.45, 2.75) is 45.3 Å². The molecule has 2 unspecified atom stereocenters. The normalized spacial score (nSPS) is 19.4. The lowest BCUT2D eigenvalue weighted by molar-refractivity contribution is -0.135. The average Bonchev–Trinajstić information content (AvgIpc) is 2.81. The highest BCUT2D eigenvalue weighted by atomic mass is 35.5. The van der Waals surface area contributed by atoms with E-state index in [1.807, 2.05) is 6.07 Å². The predicted molar refractivity (Wildman–Crippen MR) is 132 cm³/mol. The van der Waals surface area contributed by atoms with Crippen LogP contribution in [0, 0.1) is 11.2 Å². The number of hydrogen-bond donors (Lipinski definition) is 2. The van der Waals surface area contributed by atoms with Crippen molar-refractivity contribution < 1.29 is 19.1 Å². The van der Waals surface area contributed by atoms with Crippen LogP contribution in [-0.4, -0.2) is 57.0 Å². The second kappa shape index (κ2) is 9.87. The van der Waals surface area contributed by atoms with Gasteiger partial charge in [-0.2, -0.15) is 0 Å². The van der Waals surface area contributed by atoms with Gasteiger partial charge in [0.15, 0.2) is 0 Å². The summed E-state index contributed by atoms with van der Waals surface area (Å²) in [6.07, 6.45) is 3.98. The molecule has 0 bridgehead atoms. The molecule has 0 radical (unpaired) electrons. The molecule has 35 heavy (non-hydrogen) atoms. The number of piperidine rings is 1. The molecule has 184 valence electrons. The number of aromatic nitrogens is 2. The average molecular weight is 499 g/mol. The monoisotopic (exact) mass is 498 g/mol. The van der Waals surface area contributed by atoms with Gasteiger partial charge >= 0.3 is 0 Å². The third-order valence-corrected chi connectivity index (χ3v) is 6.57. The second-order valence-corrected chi connectivity index (χ2v) is 10.4. The highest BCUT2D eigenvalue weighted by Gasteiger charge is 2.37. The summed E-state index contributed by atoms with van der Waals surface area (Å²) in [5.74, 6) is -1.57. The van der Waals surface area contributed by atoms with E-state index < -0.39 is 29.3 Å². The number of amides is 2. The molecule has 0 saturated carbocycles. The fourth-order valence-corrected chi connectivity index (χ4v) is 4.68. The van der Waals surface area contributed by atoms with Gasteiger partial charge in [0.2, 0.25) is 5.91 Å². The van der Waals surface area contributed by atoms with Crippen molar-refractivity contribution in [2.75, 3.05) is 13.1 Å². The Labute approximate surface area is 208 Å². The molecular weight excluding hydrogens is 471 g/mol. The quantitative estimate of drug-likeness (QED) is 0.568. The molecule has 1 aliphatic rings. The topological polar surface area (TPSA) is 95.4 Å². The van der Waals surface area contributed by atoms with Crippen LogP contribution < -0.4 is 5.32 Å². The molecule has 9 heteroatoms. The van der Waals surface area contributed by atoms with Gasteiger partial charge in [-0.3, -0.25) is 19.6 Å². The Morgan fingerprint density at radius 2 is 2.03 bits per heavy atom. The first-order valence-corrected chi connectivity index (χ1v) is 11.8. The molecule has 1 saturated heterocycles. The van der Waals surface area contributed by atoms with Crippen LogP contribution in [0.4, 0.5) is 4.39 Å². The van der Waals surface area contributed by atoms with Crippen LogP contribution in [0.3, 0.4) is 0 Å². The Kier molecular flexibility index (Phi) is 7.05. The molecule has 2 aromatic heterocycles. The maximum atomic E-state index is 14.1. The first-order chi connectivity index (χ1) is 16.5. The van der Waals surface area contributed by atoms with Gasteiger partial charge in [-0.25, -0.2) is 4.39 Å². The van der Waals surface area contributed by atoms with Gasteiger partial charge in [0.1, 0.15) is 11.9 Å². The Morgan fingerprint density at radius 1 is 1.26 bits per heavy atom. The van der Waals surface area contributed by atoms with Gasteiger partial charge < -0.3 is 15.3 Å². The van der Waals surface area contributed by atoms with E-state index in [1.54, 1.807) is 50.2 Å². The zero-order valence-corrected chi connectivity index (χ0v) is 20.6. The fraction of sp³-hybridized carbons (Fsp3) is 0.385. The Bertz CT molecular complexity index is 1240. The predicted octanol–water partition coefficient (Wildman–Crippen LogP) is 3.94. The summed E-state index contributed by atoms with van der Waals surface area (Å²) < 4.78 is 14.1. The van der Waals surface area contributed by atoms with Crippen LogP contribution in [0.2, 0.25) is 5.02 Å². The van der Waals surface area contributed by atoms with E-state index in [4.69, 9.17) is 11.6 Å². The minimum Gasteiger partial charge on any atom is -0.383 e. The summed E-state index contributed by atoms with van der Waals surface area (Å²) in [5, 5.41) is 14.4. The molecule has 4 rings (SSSR count). The fourth-order valence-electron chi connectivity index (χ4n) is 4.45. The number of aliphatic hydroxyl groups is 1. The van der Waals surface area contributed by atoms with Gasteiger partial charge in [0.05, 0.1) is 17.1 Å². The van der Waals surface area contributed by atoms with Gasteiger partial charge in [-0.1, -0.05) is 32.4 Å². The molecule has 3 heterocycles. The standard InChI is InChI=1S/C26H28ClFN4O3/c1-26(2,3)23(33)24(34)31-21-14-32(8-6-19(21)16-9-17(27)11-18(28)10-16)25(35)20-13-29-12-15-5-4-7-30-22(15)20/h4-5,7,9-13,19,21,23,33H,6,8,14H2,1-3H3,(H,31,34)/t19?,21?,23-/m1/s1. The molecule has 1 fully saturated rings. The number of pyridine rings is 2. The third-order valence-electron chi connectivity index (χ3n) is 6.35. The van der Waals surface area contributed by atoms with Crippen LogP contribution in [0.15, 0.2) is 48.9 Å². The Balaban J connectivity index is 1.64. The Hall–Kier alpha value is -3.10. The van der Waals surface area contributed by atoms with E-state index in [9.17, 15) is 19.1 Å². The number of fused-ring (bicyclic) bond motifs is 1. The number of nitrogens with one attached hydrogen (secondary N) is 1. The number of nitrogens with zero attached hydrogens (tertiary/aromatic N) is 3. The molecule has 0 spiro atoms. The minimum atomic E-state index is -1.25. The molecule has 2 amide bonds. The van der Waals surface area contributed by atoms with Crippen LogP contribution in [0.5, 0.6) is 0 Å². The first-order valence-electron chi connectivity index (χ1n) is 11.5. The van der Waals surface area contributed by atoms with E-state index in [0.717, 1.165) is 5.39 Å². The van der Waals surface area contributed by atoms with Crippen LogP contribution in [0.1, 0.15) is 49.0 Å². The number of carbonyl (C=O) groups excluding carboxylic acids is 2. The largest absolute Gasteiger partial charge is 0.383 e. The van der Waals surface area contributed by atoms with Gasteiger partial charge in [-0.15, -0.1) is 0 Å². The molecule has 2 N–H and O–H groups in total. The molecule has 3 aromatic rings. The third kappa shape index (κ3) is 5.44. The van der Waals surface area contributed by atoms with Crippen molar-refractivity contribution in [3.8, 4) is 0 Å². The molecular formula is C26H28ClFN4O3. The van der Waals surface area contributed by atoms with Crippen molar-refractivity contribution in [1.29, 1.82) is 0 Å². The maximum absolute atomic E-state index is 14.1. The zero-order valence-electron chi connectivity index (χ0n) is 19.8. The summed E-state index contributed by atoms with van der Waals surface area (Å²) in [6, 6.07) is 7.34. The molecule has 0 aliphatic carbocycles. The number of carbonyl (C=O) groups is 2. The number of hydrogen-bond acceptors (Lipinski definition) is 5. The highest BCUT2D eigenvalue weighted by Crippen LogP contribution is 2.32. The van der Waals surface area contributed by atoms with E-state index in [2.05, 4.69) is 15.3 Å². The summed E-state index contributed by atoms with van der Waals surface area (Å²) in [6.45, 7) is 5.84. The van der Waals surface area contributed by atoms with Crippen molar-refractivity contribution in [3.63, 3.8) is 0 Å². The number of likely N-dealkylation sites (tertiary alicyclic amines) is 1. The number of rotatable bonds is 4.